The van der Waals surface area contributed by atoms with Crippen LogP contribution in [0.2, 0.25) is 0 Å². The molecule has 1 aromatic carbocycles. The first-order valence-electron chi connectivity index (χ1n) is 11.7. The number of rotatable bonds is 2. The molecule has 0 unspecified atom stereocenters. The third-order valence-electron chi connectivity index (χ3n) is 9.40. The van der Waals surface area contributed by atoms with Gasteiger partial charge in [-0.2, -0.15) is 0 Å². The van der Waals surface area contributed by atoms with Crippen molar-refractivity contribution in [3.05, 3.63) is 57.2 Å². The Balaban J connectivity index is 1.44. The summed E-state index contributed by atoms with van der Waals surface area (Å²) >= 11 is 0. The number of hydrogen-bond donors (Lipinski definition) is 2. The first-order chi connectivity index (χ1) is 14.7. The van der Waals surface area contributed by atoms with Crippen LogP contribution in [0.5, 0.6) is 0 Å². The van der Waals surface area contributed by atoms with Gasteiger partial charge in [-0.25, -0.2) is 0 Å². The van der Waals surface area contributed by atoms with E-state index in [2.05, 4.69) is 26.0 Å². The van der Waals surface area contributed by atoms with E-state index in [-0.39, 0.29) is 27.5 Å². The SMILES string of the molecule is C[C@@]12CC[C@H]3[C@@H](CC=C4C[C@H](O)CC[C@]43C)[C@H]1C/C(=C\c1ccc([N+](=O)[O-])cc1)[C@@H]2O. The van der Waals surface area contributed by atoms with Gasteiger partial charge < -0.3 is 10.2 Å². The first-order valence-corrected chi connectivity index (χ1v) is 11.7. The minimum atomic E-state index is -0.458. The Bertz CT molecular complexity index is 951. The summed E-state index contributed by atoms with van der Waals surface area (Å²) in [6.07, 6.45) is 10.7. The number of benzene rings is 1. The zero-order chi connectivity index (χ0) is 22.0. The van der Waals surface area contributed by atoms with Gasteiger partial charge in [-0.1, -0.05) is 31.6 Å². The van der Waals surface area contributed by atoms with Crippen molar-refractivity contribution in [3.8, 4) is 0 Å². The molecule has 2 N–H and O–H groups in total. The van der Waals surface area contributed by atoms with Crippen LogP contribution in [0.3, 0.4) is 0 Å². The van der Waals surface area contributed by atoms with Gasteiger partial charge >= 0.3 is 0 Å². The minimum Gasteiger partial charge on any atom is -0.393 e. The van der Waals surface area contributed by atoms with Gasteiger partial charge in [0.25, 0.3) is 5.69 Å². The Hall–Kier alpha value is -1.98. The molecule has 0 aliphatic heterocycles. The molecule has 5 heteroatoms. The molecule has 0 aromatic heterocycles. The standard InChI is InChI=1S/C26H33NO4/c1-25-11-9-20(28)15-18(25)5-8-21-22(25)10-12-26(2)23(21)14-17(24(26)29)13-16-3-6-19(7-4-16)27(30)31/h3-7,13,20-24,28-29H,8-12,14-15H2,1-2H3/b17-13+/t20-,21-,22+,23-,24+,25-,26-/m1/s1. The predicted octanol–water partition coefficient (Wildman–Crippen LogP) is 5.27. The van der Waals surface area contributed by atoms with Gasteiger partial charge in [0.05, 0.1) is 17.1 Å². The van der Waals surface area contributed by atoms with Gasteiger partial charge in [0, 0.05) is 17.5 Å². The van der Waals surface area contributed by atoms with Crippen LogP contribution in [0.4, 0.5) is 5.69 Å². The molecular formula is C26H33NO4. The van der Waals surface area contributed by atoms with Gasteiger partial charge in [-0.15, -0.1) is 0 Å². The lowest BCUT2D eigenvalue weighted by Crippen LogP contribution is -2.51. The lowest BCUT2D eigenvalue weighted by molar-refractivity contribution is -0.384. The third-order valence-corrected chi connectivity index (χ3v) is 9.40. The Kier molecular flexibility index (Phi) is 4.91. The summed E-state index contributed by atoms with van der Waals surface area (Å²) in [7, 11) is 0. The summed E-state index contributed by atoms with van der Waals surface area (Å²) in [6.45, 7) is 4.69. The molecule has 0 bridgehead atoms. The molecule has 3 fully saturated rings. The summed E-state index contributed by atoms with van der Waals surface area (Å²) < 4.78 is 0. The fourth-order valence-electron chi connectivity index (χ4n) is 7.55. The number of nitro groups is 1. The van der Waals surface area contributed by atoms with Crippen molar-refractivity contribution >= 4 is 11.8 Å². The number of hydrogen-bond acceptors (Lipinski definition) is 4. The van der Waals surface area contributed by atoms with Gasteiger partial charge in [-0.05, 0) is 91.4 Å². The van der Waals surface area contributed by atoms with Gasteiger partial charge in [0.1, 0.15) is 0 Å². The van der Waals surface area contributed by atoms with Crippen LogP contribution >= 0.6 is 0 Å². The molecule has 0 heterocycles. The molecule has 4 aliphatic carbocycles. The fourth-order valence-corrected chi connectivity index (χ4v) is 7.55. The monoisotopic (exact) mass is 423 g/mol. The average Bonchev–Trinajstić information content (AvgIpc) is 2.99. The molecule has 4 aliphatic rings. The van der Waals surface area contributed by atoms with Crippen LogP contribution in [0, 0.1) is 38.7 Å². The lowest BCUT2D eigenvalue weighted by Gasteiger charge is -2.57. The summed E-state index contributed by atoms with van der Waals surface area (Å²) in [5, 5.41) is 32.5. The molecule has 31 heavy (non-hydrogen) atoms. The maximum atomic E-state index is 11.3. The van der Waals surface area contributed by atoms with Crippen LogP contribution in [0.1, 0.15) is 64.4 Å². The van der Waals surface area contributed by atoms with Crippen molar-refractivity contribution in [3.63, 3.8) is 0 Å². The number of allylic oxidation sites excluding steroid dienone is 1. The number of fused-ring (bicyclic) bond motifs is 5. The highest BCUT2D eigenvalue weighted by Gasteiger charge is 2.59. The highest BCUT2D eigenvalue weighted by atomic mass is 16.6. The van der Waals surface area contributed by atoms with Crippen molar-refractivity contribution in [2.75, 3.05) is 0 Å². The van der Waals surface area contributed by atoms with Gasteiger partial charge in [-0.3, -0.25) is 10.1 Å². The molecule has 166 valence electrons. The smallest absolute Gasteiger partial charge is 0.269 e. The molecular weight excluding hydrogens is 390 g/mol. The van der Waals surface area contributed by atoms with E-state index in [9.17, 15) is 20.3 Å². The van der Waals surface area contributed by atoms with E-state index in [4.69, 9.17) is 0 Å². The molecule has 0 amide bonds. The highest BCUT2D eigenvalue weighted by molar-refractivity contribution is 5.57. The summed E-state index contributed by atoms with van der Waals surface area (Å²) in [4.78, 5) is 10.5. The highest BCUT2D eigenvalue weighted by Crippen LogP contribution is 2.65. The van der Waals surface area contributed by atoms with Crippen LogP contribution < -0.4 is 0 Å². The van der Waals surface area contributed by atoms with Crippen LogP contribution in [-0.2, 0) is 0 Å². The van der Waals surface area contributed by atoms with E-state index in [0.29, 0.717) is 17.8 Å². The molecule has 0 radical (unpaired) electrons. The summed E-state index contributed by atoms with van der Waals surface area (Å²) in [6, 6.07) is 6.61. The van der Waals surface area contributed by atoms with Crippen LogP contribution in [-0.4, -0.2) is 27.3 Å². The first kappa shape index (κ1) is 20.9. The van der Waals surface area contributed by atoms with E-state index in [1.807, 2.05) is 0 Å². The van der Waals surface area contributed by atoms with Crippen molar-refractivity contribution in [1.82, 2.24) is 0 Å². The predicted molar refractivity (Wildman–Crippen MR) is 120 cm³/mol. The molecule has 1 aromatic rings. The Morgan fingerprint density at radius 1 is 1.06 bits per heavy atom. The number of aliphatic hydroxyl groups is 2. The molecule has 5 nitrogen and oxygen atoms in total. The second-order valence-corrected chi connectivity index (χ2v) is 10.9. The lowest BCUT2D eigenvalue weighted by atomic mass is 9.48. The number of nitro benzene ring substituents is 1. The van der Waals surface area contributed by atoms with E-state index >= 15 is 0 Å². The maximum absolute atomic E-state index is 11.3. The molecule has 5 rings (SSSR count). The van der Waals surface area contributed by atoms with Crippen molar-refractivity contribution in [1.29, 1.82) is 0 Å². The third kappa shape index (κ3) is 3.20. The Morgan fingerprint density at radius 2 is 1.81 bits per heavy atom. The fraction of sp³-hybridized carbons (Fsp3) is 0.615. The maximum Gasteiger partial charge on any atom is 0.269 e. The number of aliphatic hydroxyl groups excluding tert-OH is 2. The average molecular weight is 424 g/mol. The second kappa shape index (κ2) is 7.28. The quantitative estimate of drug-likeness (QED) is 0.385. The molecule has 0 saturated heterocycles. The summed E-state index contributed by atoms with van der Waals surface area (Å²) in [5.74, 6) is 1.65. The van der Waals surface area contributed by atoms with Crippen LogP contribution in [0.25, 0.3) is 6.08 Å². The normalized spacial score (nSPS) is 43.0. The van der Waals surface area contributed by atoms with E-state index in [1.54, 1.807) is 12.1 Å². The Morgan fingerprint density at radius 3 is 2.52 bits per heavy atom. The van der Waals surface area contributed by atoms with Crippen molar-refractivity contribution in [2.45, 2.75) is 71.0 Å². The zero-order valence-corrected chi connectivity index (χ0v) is 18.5. The molecule has 3 saturated carbocycles. The van der Waals surface area contributed by atoms with Gasteiger partial charge in [0.15, 0.2) is 0 Å². The van der Waals surface area contributed by atoms with Gasteiger partial charge in [0.2, 0.25) is 0 Å². The van der Waals surface area contributed by atoms with E-state index in [1.165, 1.54) is 17.7 Å². The molecule has 0 spiro atoms. The minimum absolute atomic E-state index is 0.0910. The number of nitrogens with zero attached hydrogens (tertiary/aromatic N) is 1. The largest absolute Gasteiger partial charge is 0.393 e. The van der Waals surface area contributed by atoms with Crippen LogP contribution in [0.15, 0.2) is 41.5 Å². The van der Waals surface area contributed by atoms with Crippen molar-refractivity contribution < 1.29 is 15.1 Å². The van der Waals surface area contributed by atoms with E-state index < -0.39 is 6.10 Å². The van der Waals surface area contributed by atoms with Crippen molar-refractivity contribution in [2.24, 2.45) is 28.6 Å². The Labute approximate surface area is 184 Å². The second-order valence-electron chi connectivity index (χ2n) is 10.9. The zero-order valence-electron chi connectivity index (χ0n) is 18.5. The topological polar surface area (TPSA) is 83.6 Å². The summed E-state index contributed by atoms with van der Waals surface area (Å²) in [5.41, 5.74) is 3.63. The number of non-ortho nitro benzene ring substituents is 1. The molecule has 7 atom stereocenters. The van der Waals surface area contributed by atoms with E-state index in [0.717, 1.165) is 56.1 Å².